The van der Waals surface area contributed by atoms with Crippen molar-refractivity contribution in [2.24, 2.45) is 0 Å². The first-order valence-corrected chi connectivity index (χ1v) is 9.05. The lowest BCUT2D eigenvalue weighted by Gasteiger charge is -2.13. The van der Waals surface area contributed by atoms with Crippen LogP contribution in [-0.2, 0) is 0 Å². The lowest BCUT2D eigenvalue weighted by molar-refractivity contribution is 0.699. The minimum absolute atomic E-state index is 0.822. The summed E-state index contributed by atoms with van der Waals surface area (Å²) in [5.74, 6) is 0. The van der Waals surface area contributed by atoms with Gasteiger partial charge in [-0.3, -0.25) is 0 Å². The molecule has 0 atom stereocenters. The average Bonchev–Trinajstić information content (AvgIpc) is 1.98. The van der Waals surface area contributed by atoms with Gasteiger partial charge in [-0.2, -0.15) is 0 Å². The summed E-state index contributed by atoms with van der Waals surface area (Å²) in [5.41, 5.74) is 0. The van der Waals surface area contributed by atoms with Gasteiger partial charge in [0.2, 0.25) is 0 Å². The molecule has 0 spiro atoms. The summed E-state index contributed by atoms with van der Waals surface area (Å²) in [7, 11) is 0. The van der Waals surface area contributed by atoms with Crippen molar-refractivity contribution >= 4 is 28.9 Å². The third kappa shape index (κ3) is 7.20. The summed E-state index contributed by atoms with van der Waals surface area (Å²) in [5, 5.41) is 0. The van der Waals surface area contributed by atoms with E-state index in [9.17, 15) is 0 Å². The van der Waals surface area contributed by atoms with Crippen molar-refractivity contribution in [3.63, 3.8) is 0 Å². The van der Waals surface area contributed by atoms with Crippen molar-refractivity contribution in [2.75, 3.05) is 0 Å². The van der Waals surface area contributed by atoms with Gasteiger partial charge >= 0.3 is 0 Å². The van der Waals surface area contributed by atoms with E-state index in [1.54, 1.807) is 0 Å². The first-order valence-electron chi connectivity index (χ1n) is 4.61. The number of rotatable bonds is 7. The third-order valence-electron chi connectivity index (χ3n) is 1.84. The molecule has 0 aromatic carbocycles. The molecule has 0 aliphatic heterocycles. The summed E-state index contributed by atoms with van der Waals surface area (Å²) in [6.45, 7) is 3.93. The first kappa shape index (κ1) is 12.5. The van der Waals surface area contributed by atoms with E-state index in [1.807, 2.05) is 6.08 Å². The van der Waals surface area contributed by atoms with Gasteiger partial charge in [0.15, 0.2) is 0 Å². The fourth-order valence-corrected chi connectivity index (χ4v) is 3.97. The van der Waals surface area contributed by atoms with Crippen LogP contribution in [0, 0.1) is 0 Å². The van der Waals surface area contributed by atoms with Gasteiger partial charge in [0.05, 0.1) is 0 Å². The van der Waals surface area contributed by atoms with Crippen LogP contribution in [0.3, 0.4) is 0 Å². The summed E-state index contributed by atoms with van der Waals surface area (Å²) in [6, 6.07) is 1.84. The Kier molecular flexibility index (Phi) is 7.30. The number of hydrogen-bond acceptors (Lipinski definition) is 0. The van der Waals surface area contributed by atoms with Crippen LogP contribution < -0.4 is 0 Å². The van der Waals surface area contributed by atoms with Crippen molar-refractivity contribution in [3.05, 3.63) is 12.7 Å². The predicted octanol–water partition coefficient (Wildman–Crippen LogP) is 4.67. The molecule has 0 saturated carbocycles. The Labute approximate surface area is 86.4 Å². The molecule has 0 N–H and O–H groups in total. The molecule has 0 rings (SSSR count). The van der Waals surface area contributed by atoms with Crippen LogP contribution in [0.1, 0.15) is 32.6 Å². The minimum Gasteiger partial charge on any atom is -0.146 e. The molecular weight excluding hydrogens is 207 g/mol. The highest BCUT2D eigenvalue weighted by molar-refractivity contribution is 7.45. The number of hydrogen-bond donors (Lipinski definition) is 0. The van der Waals surface area contributed by atoms with Gasteiger partial charge in [-0.1, -0.05) is 38.7 Å². The van der Waals surface area contributed by atoms with E-state index in [-0.39, 0.29) is 0 Å². The standard InChI is InChI=1S/C9H18Cl2Si/c1-3-5-6-7-9-12(10,11)8-4-2/h4H,2-3,5-9H2,1H3. The van der Waals surface area contributed by atoms with Crippen LogP contribution >= 0.6 is 22.2 Å². The van der Waals surface area contributed by atoms with Crippen LogP contribution in [0.2, 0.25) is 12.1 Å². The van der Waals surface area contributed by atoms with Crippen LogP contribution in [0.25, 0.3) is 0 Å². The second-order valence-corrected chi connectivity index (χ2v) is 10.7. The van der Waals surface area contributed by atoms with E-state index in [0.717, 1.165) is 12.1 Å². The van der Waals surface area contributed by atoms with E-state index in [0.29, 0.717) is 0 Å². The molecule has 72 valence electrons. The fourth-order valence-electron chi connectivity index (χ4n) is 1.12. The second-order valence-electron chi connectivity index (χ2n) is 3.16. The van der Waals surface area contributed by atoms with E-state index in [2.05, 4.69) is 13.5 Å². The van der Waals surface area contributed by atoms with Crippen molar-refractivity contribution in [1.82, 2.24) is 0 Å². The zero-order valence-electron chi connectivity index (χ0n) is 7.78. The number of allylic oxidation sites excluding steroid dienone is 1. The Morgan fingerprint density at radius 3 is 2.42 bits per heavy atom. The second kappa shape index (κ2) is 6.99. The topological polar surface area (TPSA) is 0 Å². The normalized spacial score (nSPS) is 11.6. The number of halogens is 2. The fraction of sp³-hybridized carbons (Fsp3) is 0.778. The molecule has 0 fully saturated rings. The molecule has 0 amide bonds. The zero-order valence-corrected chi connectivity index (χ0v) is 10.3. The van der Waals surface area contributed by atoms with E-state index < -0.39 is 6.69 Å². The van der Waals surface area contributed by atoms with Crippen LogP contribution in [0.15, 0.2) is 12.7 Å². The predicted molar refractivity (Wildman–Crippen MR) is 61.4 cm³/mol. The maximum atomic E-state index is 6.15. The van der Waals surface area contributed by atoms with Gasteiger partial charge in [0, 0.05) is 0 Å². The highest BCUT2D eigenvalue weighted by Gasteiger charge is 2.25. The van der Waals surface area contributed by atoms with Gasteiger partial charge in [0.25, 0.3) is 6.69 Å². The van der Waals surface area contributed by atoms with E-state index in [1.165, 1.54) is 25.7 Å². The monoisotopic (exact) mass is 224 g/mol. The summed E-state index contributed by atoms with van der Waals surface area (Å²) in [6.07, 6.45) is 6.85. The Hall–Kier alpha value is 0.537. The molecule has 0 aliphatic carbocycles. The van der Waals surface area contributed by atoms with E-state index in [4.69, 9.17) is 22.2 Å². The van der Waals surface area contributed by atoms with E-state index >= 15 is 0 Å². The van der Waals surface area contributed by atoms with Gasteiger partial charge in [-0.25, -0.2) is 0 Å². The Morgan fingerprint density at radius 2 is 1.92 bits per heavy atom. The smallest absolute Gasteiger partial charge is 0.146 e. The molecule has 3 heteroatoms. The van der Waals surface area contributed by atoms with Gasteiger partial charge < -0.3 is 0 Å². The summed E-state index contributed by atoms with van der Waals surface area (Å²) < 4.78 is 0. The maximum absolute atomic E-state index is 6.15. The Balaban J connectivity index is 3.39. The van der Waals surface area contributed by atoms with Gasteiger partial charge in [-0.05, 0) is 12.1 Å². The van der Waals surface area contributed by atoms with Crippen LogP contribution in [0.5, 0.6) is 0 Å². The molecule has 0 saturated heterocycles. The largest absolute Gasteiger partial charge is 0.254 e. The molecule has 0 heterocycles. The minimum atomic E-state index is -1.93. The zero-order chi connectivity index (χ0) is 9.45. The quantitative estimate of drug-likeness (QED) is 0.255. The number of unbranched alkanes of at least 4 members (excludes halogenated alkanes) is 3. The van der Waals surface area contributed by atoms with Crippen molar-refractivity contribution in [1.29, 1.82) is 0 Å². The lowest BCUT2D eigenvalue weighted by Crippen LogP contribution is -2.16. The first-order chi connectivity index (χ1) is 5.62. The summed E-state index contributed by atoms with van der Waals surface area (Å²) >= 11 is 12.3. The Morgan fingerprint density at radius 1 is 1.25 bits per heavy atom. The van der Waals surface area contributed by atoms with Crippen molar-refractivity contribution in [3.8, 4) is 0 Å². The third-order valence-corrected chi connectivity index (χ3v) is 5.87. The molecule has 0 aliphatic rings. The van der Waals surface area contributed by atoms with Crippen molar-refractivity contribution < 1.29 is 0 Å². The maximum Gasteiger partial charge on any atom is 0.254 e. The SMILES string of the molecule is C=CC[Si](Cl)(Cl)CCCCCC. The molecule has 0 nitrogen and oxygen atoms in total. The molecule has 0 unspecified atom stereocenters. The molecule has 0 radical (unpaired) electrons. The lowest BCUT2D eigenvalue weighted by atomic mass is 10.2. The van der Waals surface area contributed by atoms with Crippen molar-refractivity contribution in [2.45, 2.75) is 44.7 Å². The highest BCUT2D eigenvalue weighted by Crippen LogP contribution is 2.28. The molecule has 0 aromatic heterocycles. The Bertz CT molecular complexity index is 124. The molecule has 0 aromatic rings. The summed E-state index contributed by atoms with van der Waals surface area (Å²) in [4.78, 5) is 0. The highest BCUT2D eigenvalue weighted by atomic mass is 35.7. The van der Waals surface area contributed by atoms with Crippen LogP contribution in [-0.4, -0.2) is 6.69 Å². The van der Waals surface area contributed by atoms with Crippen LogP contribution in [0.4, 0.5) is 0 Å². The molecule has 12 heavy (non-hydrogen) atoms. The van der Waals surface area contributed by atoms with Gasteiger partial charge in [0.1, 0.15) is 0 Å². The van der Waals surface area contributed by atoms with Gasteiger partial charge in [-0.15, -0.1) is 28.7 Å². The molecule has 0 bridgehead atoms. The molecular formula is C9H18Cl2Si. The average molecular weight is 225 g/mol.